The molecule has 0 saturated heterocycles. The third-order valence-corrected chi connectivity index (χ3v) is 3.70. The second-order valence-electron chi connectivity index (χ2n) is 5.82. The van der Waals surface area contributed by atoms with Crippen molar-refractivity contribution in [2.45, 2.75) is 13.8 Å². The monoisotopic (exact) mass is 384 g/mol. The Morgan fingerprint density at radius 1 is 1.07 bits per heavy atom. The van der Waals surface area contributed by atoms with Gasteiger partial charge in [-0.05, 0) is 38.1 Å². The maximum absolute atomic E-state index is 13.8. The number of benzene rings is 2. The maximum atomic E-state index is 13.8. The number of carbonyl (C=O) groups excluding carboxylic acids is 1. The number of carbonyl (C=O) groups is 1. The Labute approximate surface area is 160 Å². The van der Waals surface area contributed by atoms with Crippen molar-refractivity contribution in [3.05, 3.63) is 71.7 Å². The van der Waals surface area contributed by atoms with Crippen LogP contribution in [0, 0.1) is 18.6 Å². The van der Waals surface area contributed by atoms with Crippen LogP contribution in [0.25, 0.3) is 0 Å². The van der Waals surface area contributed by atoms with Crippen LogP contribution in [0.4, 0.5) is 26.0 Å². The molecule has 0 fully saturated rings. The molecule has 3 aromatic rings. The highest BCUT2D eigenvalue weighted by Crippen LogP contribution is 2.27. The fourth-order valence-electron chi connectivity index (χ4n) is 2.51. The van der Waals surface area contributed by atoms with E-state index in [1.165, 1.54) is 6.07 Å². The zero-order valence-electron chi connectivity index (χ0n) is 15.3. The van der Waals surface area contributed by atoms with Crippen molar-refractivity contribution in [3.8, 4) is 5.75 Å². The number of aromatic nitrogens is 2. The molecule has 1 heterocycles. The van der Waals surface area contributed by atoms with E-state index < -0.39 is 17.5 Å². The van der Waals surface area contributed by atoms with Gasteiger partial charge in [-0.2, -0.15) is 0 Å². The fraction of sp³-hybridized carbons (Fsp3) is 0.150. The molecule has 3 rings (SSSR count). The summed E-state index contributed by atoms with van der Waals surface area (Å²) in [6.45, 7) is 4.01. The molecule has 6 nitrogen and oxygen atoms in total. The molecule has 1 amide bonds. The van der Waals surface area contributed by atoms with Gasteiger partial charge in [0.1, 0.15) is 34.7 Å². The van der Waals surface area contributed by atoms with E-state index in [9.17, 15) is 13.6 Å². The van der Waals surface area contributed by atoms with Gasteiger partial charge < -0.3 is 15.4 Å². The van der Waals surface area contributed by atoms with E-state index in [-0.39, 0.29) is 11.4 Å². The predicted octanol–water partition coefficient (Wildman–Crippen LogP) is 4.46. The van der Waals surface area contributed by atoms with Gasteiger partial charge in [-0.25, -0.2) is 18.7 Å². The van der Waals surface area contributed by atoms with E-state index in [0.717, 1.165) is 12.1 Å². The van der Waals surface area contributed by atoms with E-state index in [0.29, 0.717) is 35.8 Å². The molecule has 1 aromatic heterocycles. The Balaban J connectivity index is 1.84. The smallest absolute Gasteiger partial charge is 0.274 e. The number of halogens is 2. The van der Waals surface area contributed by atoms with Crippen molar-refractivity contribution in [1.29, 1.82) is 0 Å². The standard InChI is InChI=1S/C20H18F2N4O2/c1-3-28-18-7-5-4-6-16(18)25-19-11-17(23-12(2)24-19)20(27)26-15-9-8-13(21)10-14(15)22/h4-11H,3H2,1-2H3,(H,26,27)(H,23,24,25). The summed E-state index contributed by atoms with van der Waals surface area (Å²) in [4.78, 5) is 20.8. The van der Waals surface area contributed by atoms with E-state index in [2.05, 4.69) is 20.6 Å². The van der Waals surface area contributed by atoms with Gasteiger partial charge in [-0.15, -0.1) is 0 Å². The first-order valence-electron chi connectivity index (χ1n) is 8.57. The molecular weight excluding hydrogens is 366 g/mol. The Hall–Kier alpha value is -3.55. The Kier molecular flexibility index (Phi) is 5.78. The van der Waals surface area contributed by atoms with Crippen LogP contribution in [0.2, 0.25) is 0 Å². The quantitative estimate of drug-likeness (QED) is 0.656. The first-order chi connectivity index (χ1) is 13.5. The molecule has 2 N–H and O–H groups in total. The number of para-hydroxylation sites is 2. The van der Waals surface area contributed by atoms with Gasteiger partial charge in [-0.1, -0.05) is 12.1 Å². The number of aryl methyl sites for hydroxylation is 1. The molecule has 144 valence electrons. The van der Waals surface area contributed by atoms with Crippen LogP contribution in [0.5, 0.6) is 5.75 Å². The van der Waals surface area contributed by atoms with Gasteiger partial charge in [-0.3, -0.25) is 4.79 Å². The first-order valence-corrected chi connectivity index (χ1v) is 8.57. The predicted molar refractivity (Wildman–Crippen MR) is 102 cm³/mol. The Morgan fingerprint density at radius 3 is 2.61 bits per heavy atom. The summed E-state index contributed by atoms with van der Waals surface area (Å²) in [7, 11) is 0. The third kappa shape index (κ3) is 4.59. The lowest BCUT2D eigenvalue weighted by Crippen LogP contribution is -2.16. The molecule has 0 radical (unpaired) electrons. The van der Waals surface area contributed by atoms with E-state index in [1.54, 1.807) is 6.92 Å². The van der Waals surface area contributed by atoms with E-state index in [4.69, 9.17) is 4.74 Å². The van der Waals surface area contributed by atoms with Crippen LogP contribution in [-0.2, 0) is 0 Å². The zero-order chi connectivity index (χ0) is 20.1. The highest BCUT2D eigenvalue weighted by molar-refractivity contribution is 6.03. The molecule has 2 aromatic carbocycles. The van der Waals surface area contributed by atoms with Gasteiger partial charge in [0.25, 0.3) is 5.91 Å². The van der Waals surface area contributed by atoms with Crippen molar-refractivity contribution in [2.75, 3.05) is 17.2 Å². The van der Waals surface area contributed by atoms with Gasteiger partial charge in [0.05, 0.1) is 18.0 Å². The van der Waals surface area contributed by atoms with Crippen molar-refractivity contribution >= 4 is 23.1 Å². The molecular formula is C20H18F2N4O2. The molecule has 0 unspecified atom stereocenters. The summed E-state index contributed by atoms with van der Waals surface area (Å²) in [5.74, 6) is -0.873. The summed E-state index contributed by atoms with van der Waals surface area (Å²) in [5.41, 5.74) is 0.574. The molecule has 0 bridgehead atoms. The van der Waals surface area contributed by atoms with Gasteiger partial charge >= 0.3 is 0 Å². The fourth-order valence-corrected chi connectivity index (χ4v) is 2.51. The third-order valence-electron chi connectivity index (χ3n) is 3.70. The molecule has 0 atom stereocenters. The van der Waals surface area contributed by atoms with Crippen LogP contribution < -0.4 is 15.4 Å². The summed E-state index contributed by atoms with van der Waals surface area (Å²) in [6.07, 6.45) is 0. The van der Waals surface area contributed by atoms with E-state index >= 15 is 0 Å². The van der Waals surface area contributed by atoms with Gasteiger partial charge in [0.2, 0.25) is 0 Å². The Bertz CT molecular complexity index is 1010. The first kappa shape index (κ1) is 19.2. The van der Waals surface area contributed by atoms with Gasteiger partial charge in [0, 0.05) is 12.1 Å². The number of hydrogen-bond donors (Lipinski definition) is 2. The number of hydrogen-bond acceptors (Lipinski definition) is 5. The average molecular weight is 384 g/mol. The molecule has 8 heteroatoms. The summed E-state index contributed by atoms with van der Waals surface area (Å²) < 4.78 is 32.4. The number of nitrogens with one attached hydrogen (secondary N) is 2. The molecule has 0 aliphatic rings. The maximum Gasteiger partial charge on any atom is 0.274 e. The van der Waals surface area contributed by atoms with Crippen LogP contribution >= 0.6 is 0 Å². The topological polar surface area (TPSA) is 76.1 Å². The Morgan fingerprint density at radius 2 is 1.86 bits per heavy atom. The lowest BCUT2D eigenvalue weighted by molar-refractivity contribution is 0.102. The molecule has 0 aliphatic carbocycles. The highest BCUT2D eigenvalue weighted by atomic mass is 19.1. The minimum atomic E-state index is -0.872. The average Bonchev–Trinajstić information content (AvgIpc) is 2.65. The number of amides is 1. The van der Waals surface area contributed by atoms with Crippen molar-refractivity contribution in [1.82, 2.24) is 9.97 Å². The van der Waals surface area contributed by atoms with Crippen molar-refractivity contribution < 1.29 is 18.3 Å². The van der Waals surface area contributed by atoms with Crippen LogP contribution in [0.15, 0.2) is 48.5 Å². The lowest BCUT2D eigenvalue weighted by Gasteiger charge is -2.13. The van der Waals surface area contributed by atoms with Crippen molar-refractivity contribution in [3.63, 3.8) is 0 Å². The van der Waals surface area contributed by atoms with Crippen LogP contribution in [-0.4, -0.2) is 22.5 Å². The van der Waals surface area contributed by atoms with Crippen LogP contribution in [0.3, 0.4) is 0 Å². The number of rotatable bonds is 6. The normalized spacial score (nSPS) is 10.4. The zero-order valence-corrected chi connectivity index (χ0v) is 15.3. The summed E-state index contributed by atoms with van der Waals surface area (Å²) in [5, 5.41) is 5.48. The van der Waals surface area contributed by atoms with Crippen LogP contribution in [0.1, 0.15) is 23.2 Å². The second kappa shape index (κ2) is 8.43. The molecule has 0 aliphatic heterocycles. The minimum absolute atomic E-state index is 0.0348. The number of nitrogens with zero attached hydrogens (tertiary/aromatic N) is 2. The minimum Gasteiger partial charge on any atom is -0.492 e. The summed E-state index contributed by atoms with van der Waals surface area (Å²) >= 11 is 0. The van der Waals surface area contributed by atoms with Gasteiger partial charge in [0.15, 0.2) is 0 Å². The molecule has 28 heavy (non-hydrogen) atoms. The largest absolute Gasteiger partial charge is 0.492 e. The summed E-state index contributed by atoms with van der Waals surface area (Å²) in [6, 6.07) is 11.6. The lowest BCUT2D eigenvalue weighted by atomic mass is 10.2. The second-order valence-corrected chi connectivity index (χ2v) is 5.82. The number of ether oxygens (including phenoxy) is 1. The SMILES string of the molecule is CCOc1ccccc1Nc1cc(C(=O)Nc2ccc(F)cc2F)nc(C)n1. The van der Waals surface area contributed by atoms with E-state index in [1.807, 2.05) is 31.2 Å². The molecule has 0 saturated carbocycles. The number of anilines is 3. The highest BCUT2D eigenvalue weighted by Gasteiger charge is 2.14. The van der Waals surface area contributed by atoms with Crippen molar-refractivity contribution in [2.24, 2.45) is 0 Å². The molecule has 0 spiro atoms.